The van der Waals surface area contributed by atoms with E-state index in [9.17, 15) is 0 Å². The van der Waals surface area contributed by atoms with Crippen LogP contribution in [0.5, 0.6) is 11.9 Å². The number of aromatic nitrogens is 4. The number of methoxy groups -OCH3 is 2. The molecule has 0 radical (unpaired) electrons. The first-order valence-corrected chi connectivity index (χ1v) is 6.43. The number of ether oxygens (including phenoxy) is 2. The molecule has 0 amide bonds. The second kappa shape index (κ2) is 8.26. The number of hydrogen-bond donors (Lipinski definition) is 0. The van der Waals surface area contributed by atoms with Gasteiger partial charge in [0.2, 0.25) is 11.2 Å². The van der Waals surface area contributed by atoms with Gasteiger partial charge in [0.1, 0.15) is 5.02 Å². The largest absolute Gasteiger partial charge is 0.480 e. The molecule has 0 aliphatic carbocycles. The minimum absolute atomic E-state index is 0.126. The quantitative estimate of drug-likeness (QED) is 0.604. The molecule has 2 aromatic rings. The van der Waals surface area contributed by atoms with E-state index < -0.39 is 0 Å². The standard InChI is InChI=1S/2C5H4Cl2N2O/c1-10-4-3(6)2-8-5(7)9-4;1-10-5-8-2-3(6)4(7)9-5/h2*2H,1H3. The molecule has 0 spiro atoms. The summed E-state index contributed by atoms with van der Waals surface area (Å²) in [5.41, 5.74) is 0. The molecule has 0 atom stereocenters. The molecule has 2 aromatic heterocycles. The highest BCUT2D eigenvalue weighted by atomic mass is 35.5. The van der Waals surface area contributed by atoms with Crippen molar-refractivity contribution in [3.63, 3.8) is 0 Å². The maximum atomic E-state index is 5.59. The molecule has 0 aliphatic heterocycles. The smallest absolute Gasteiger partial charge is 0.317 e. The van der Waals surface area contributed by atoms with Crippen LogP contribution in [0.2, 0.25) is 20.5 Å². The average molecular weight is 358 g/mol. The van der Waals surface area contributed by atoms with Crippen molar-refractivity contribution in [2.75, 3.05) is 14.2 Å². The van der Waals surface area contributed by atoms with Crippen molar-refractivity contribution in [1.29, 1.82) is 0 Å². The number of nitrogens with zero attached hydrogens (tertiary/aromatic N) is 4. The molecule has 2 heterocycles. The maximum Gasteiger partial charge on any atom is 0.317 e. The van der Waals surface area contributed by atoms with E-state index in [1.54, 1.807) is 0 Å². The zero-order valence-electron chi connectivity index (χ0n) is 10.3. The number of rotatable bonds is 2. The molecule has 0 N–H and O–H groups in total. The van der Waals surface area contributed by atoms with E-state index in [4.69, 9.17) is 51.1 Å². The minimum Gasteiger partial charge on any atom is -0.480 e. The van der Waals surface area contributed by atoms with Crippen LogP contribution in [0, 0.1) is 0 Å². The molecule has 0 saturated heterocycles. The van der Waals surface area contributed by atoms with Gasteiger partial charge in [-0.1, -0.05) is 34.8 Å². The van der Waals surface area contributed by atoms with E-state index in [1.807, 2.05) is 0 Å². The van der Waals surface area contributed by atoms with Gasteiger partial charge in [0, 0.05) is 0 Å². The van der Waals surface area contributed by atoms with E-state index in [1.165, 1.54) is 26.6 Å². The summed E-state index contributed by atoms with van der Waals surface area (Å²) in [5, 5.41) is 1.00. The molecule has 20 heavy (non-hydrogen) atoms. The van der Waals surface area contributed by atoms with Gasteiger partial charge < -0.3 is 9.47 Å². The first-order chi connectivity index (χ1) is 9.47. The van der Waals surface area contributed by atoms with Crippen LogP contribution in [0.3, 0.4) is 0 Å². The lowest BCUT2D eigenvalue weighted by Crippen LogP contribution is -1.90. The summed E-state index contributed by atoms with van der Waals surface area (Å²) in [6.45, 7) is 0. The lowest BCUT2D eigenvalue weighted by Gasteiger charge is -1.98. The molecule has 0 unspecified atom stereocenters. The van der Waals surface area contributed by atoms with E-state index in [0.717, 1.165) is 0 Å². The van der Waals surface area contributed by atoms with E-state index in [0.29, 0.717) is 15.9 Å². The molecule has 0 bridgehead atoms. The summed E-state index contributed by atoms with van der Waals surface area (Å²) < 4.78 is 9.44. The van der Waals surface area contributed by atoms with Gasteiger partial charge in [-0.05, 0) is 11.6 Å². The number of halogens is 4. The lowest BCUT2D eigenvalue weighted by molar-refractivity contribution is 0.380. The first kappa shape index (κ1) is 17.0. The first-order valence-electron chi connectivity index (χ1n) is 4.92. The predicted molar refractivity (Wildman–Crippen MR) is 77.2 cm³/mol. The molecule has 2 rings (SSSR count). The van der Waals surface area contributed by atoms with Crippen molar-refractivity contribution in [1.82, 2.24) is 19.9 Å². The van der Waals surface area contributed by atoms with Gasteiger partial charge in [-0.25, -0.2) is 9.97 Å². The summed E-state index contributed by atoms with van der Waals surface area (Å²) in [4.78, 5) is 14.7. The summed E-state index contributed by atoms with van der Waals surface area (Å²) in [7, 11) is 2.92. The summed E-state index contributed by atoms with van der Waals surface area (Å²) in [6.07, 6.45) is 2.77. The van der Waals surface area contributed by atoms with Gasteiger partial charge >= 0.3 is 6.01 Å². The van der Waals surface area contributed by atoms with Crippen LogP contribution in [-0.4, -0.2) is 34.2 Å². The second-order valence-corrected chi connectivity index (χ2v) is 4.50. The maximum absolute atomic E-state index is 5.59. The third kappa shape index (κ3) is 5.13. The third-order valence-corrected chi connectivity index (χ3v) is 2.84. The van der Waals surface area contributed by atoms with Crippen LogP contribution >= 0.6 is 46.4 Å². The zero-order chi connectivity index (χ0) is 15.1. The lowest BCUT2D eigenvalue weighted by atomic mass is 10.6. The normalized spacial score (nSPS) is 9.50. The molecule has 0 fully saturated rings. The van der Waals surface area contributed by atoms with Gasteiger partial charge in [-0.15, -0.1) is 0 Å². The highest BCUT2D eigenvalue weighted by Crippen LogP contribution is 2.20. The Balaban J connectivity index is 0.000000200. The Hall–Kier alpha value is -1.08. The van der Waals surface area contributed by atoms with Gasteiger partial charge in [0.05, 0.1) is 31.6 Å². The molecular formula is C10H8Cl4N4O2. The molecular weight excluding hydrogens is 350 g/mol. The van der Waals surface area contributed by atoms with Crippen LogP contribution in [0.4, 0.5) is 0 Å². The van der Waals surface area contributed by atoms with E-state index >= 15 is 0 Å². The Morgan fingerprint density at radius 2 is 1.50 bits per heavy atom. The zero-order valence-corrected chi connectivity index (χ0v) is 13.3. The number of hydrogen-bond acceptors (Lipinski definition) is 6. The van der Waals surface area contributed by atoms with Gasteiger partial charge in [-0.3, -0.25) is 0 Å². The fraction of sp³-hybridized carbons (Fsp3) is 0.200. The summed E-state index contributed by atoms with van der Waals surface area (Å²) in [5.74, 6) is 0.293. The van der Waals surface area contributed by atoms with E-state index in [2.05, 4.69) is 24.7 Å². The SMILES string of the molecule is COc1nc(Cl)ncc1Cl.COc1ncc(Cl)c(Cl)n1. The highest BCUT2D eigenvalue weighted by molar-refractivity contribution is 6.41. The third-order valence-electron chi connectivity index (χ3n) is 1.74. The van der Waals surface area contributed by atoms with E-state index in [-0.39, 0.29) is 16.4 Å². The molecule has 6 nitrogen and oxygen atoms in total. The van der Waals surface area contributed by atoms with Crippen molar-refractivity contribution in [2.45, 2.75) is 0 Å². The minimum atomic E-state index is 0.126. The molecule has 0 saturated carbocycles. The average Bonchev–Trinajstić information content (AvgIpc) is 2.45. The Bertz CT molecular complexity index is 585. The Morgan fingerprint density at radius 1 is 0.850 bits per heavy atom. The fourth-order valence-corrected chi connectivity index (χ4v) is 1.41. The monoisotopic (exact) mass is 356 g/mol. The Kier molecular flexibility index (Phi) is 7.01. The second-order valence-electron chi connectivity index (χ2n) is 2.99. The summed E-state index contributed by atoms with van der Waals surface area (Å²) >= 11 is 22.1. The van der Waals surface area contributed by atoms with Crippen LogP contribution in [0.15, 0.2) is 12.4 Å². The van der Waals surface area contributed by atoms with Crippen molar-refractivity contribution in [3.8, 4) is 11.9 Å². The highest BCUT2D eigenvalue weighted by Gasteiger charge is 2.02. The molecule has 108 valence electrons. The summed E-state index contributed by atoms with van der Waals surface area (Å²) in [6, 6.07) is 0.217. The molecule has 0 aromatic carbocycles. The van der Waals surface area contributed by atoms with Gasteiger partial charge in [0.25, 0.3) is 0 Å². The Morgan fingerprint density at radius 3 is 2.00 bits per heavy atom. The van der Waals surface area contributed by atoms with Gasteiger partial charge in [-0.2, -0.15) is 9.97 Å². The van der Waals surface area contributed by atoms with Crippen LogP contribution in [0.1, 0.15) is 0 Å². The Labute approximate surface area is 135 Å². The van der Waals surface area contributed by atoms with Crippen LogP contribution < -0.4 is 9.47 Å². The topological polar surface area (TPSA) is 70.0 Å². The fourth-order valence-electron chi connectivity index (χ4n) is 0.904. The molecule has 10 heteroatoms. The van der Waals surface area contributed by atoms with Crippen LogP contribution in [-0.2, 0) is 0 Å². The predicted octanol–water partition coefficient (Wildman–Crippen LogP) is 3.58. The van der Waals surface area contributed by atoms with Crippen LogP contribution in [0.25, 0.3) is 0 Å². The van der Waals surface area contributed by atoms with Crippen molar-refractivity contribution >= 4 is 46.4 Å². The van der Waals surface area contributed by atoms with Crippen molar-refractivity contribution in [3.05, 3.63) is 32.9 Å². The van der Waals surface area contributed by atoms with Gasteiger partial charge in [0.15, 0.2) is 5.15 Å². The van der Waals surface area contributed by atoms with Crippen molar-refractivity contribution < 1.29 is 9.47 Å². The molecule has 0 aliphatic rings. The van der Waals surface area contributed by atoms with Crippen molar-refractivity contribution in [2.24, 2.45) is 0 Å².